The number of hydrazone groups is 1. The first-order valence-electron chi connectivity index (χ1n) is 9.38. The van der Waals surface area contributed by atoms with Gasteiger partial charge in [0.15, 0.2) is 0 Å². The summed E-state index contributed by atoms with van der Waals surface area (Å²) in [5, 5.41) is 14.1. The van der Waals surface area contributed by atoms with E-state index in [0.29, 0.717) is 22.2 Å². The largest absolute Gasteiger partial charge is 0.364 e. The molecule has 2 heterocycles. The van der Waals surface area contributed by atoms with Crippen LogP contribution in [0.2, 0.25) is 0 Å². The Bertz CT molecular complexity index is 1180. The van der Waals surface area contributed by atoms with Gasteiger partial charge in [-0.3, -0.25) is 4.79 Å². The average Bonchev–Trinajstić information content (AvgIpc) is 3.12. The third-order valence-electron chi connectivity index (χ3n) is 5.12. The van der Waals surface area contributed by atoms with Crippen molar-refractivity contribution in [3.05, 3.63) is 65.7 Å². The monoisotopic (exact) mass is 431 g/mol. The third-order valence-corrected chi connectivity index (χ3v) is 5.12. The van der Waals surface area contributed by atoms with Crippen LogP contribution in [0.15, 0.2) is 59.7 Å². The van der Waals surface area contributed by atoms with Crippen LogP contribution in [0.1, 0.15) is 22.3 Å². The van der Waals surface area contributed by atoms with Gasteiger partial charge in [-0.2, -0.15) is 10.1 Å². The van der Waals surface area contributed by atoms with Gasteiger partial charge < -0.3 is 5.11 Å². The minimum atomic E-state index is -3.50. The van der Waals surface area contributed by atoms with Gasteiger partial charge in [0.25, 0.3) is 18.8 Å². The first-order chi connectivity index (χ1) is 14.7. The fraction of sp³-hybridized carbons (Fsp3) is 0.227. The molecule has 1 amide bonds. The number of hydrogen-bond donors (Lipinski definition) is 1. The molecule has 0 spiro atoms. The van der Waals surface area contributed by atoms with Gasteiger partial charge in [0.2, 0.25) is 5.72 Å². The van der Waals surface area contributed by atoms with Gasteiger partial charge in [-0.1, -0.05) is 48.0 Å². The Morgan fingerprint density at radius 2 is 1.77 bits per heavy atom. The Balaban J connectivity index is 1.88. The number of carbonyl (C=O) groups is 1. The molecule has 0 radical (unpaired) electrons. The van der Waals surface area contributed by atoms with Crippen molar-refractivity contribution in [1.29, 1.82) is 0 Å². The van der Waals surface area contributed by atoms with E-state index < -0.39 is 36.6 Å². The summed E-state index contributed by atoms with van der Waals surface area (Å²) in [5.74, 6) is -1.12. The Hall–Kier alpha value is -3.33. The van der Waals surface area contributed by atoms with Crippen molar-refractivity contribution >= 4 is 22.5 Å². The second-order valence-electron chi connectivity index (χ2n) is 7.30. The summed E-state index contributed by atoms with van der Waals surface area (Å²) in [6.45, 7) is 1.91. The number of rotatable bonds is 4. The van der Waals surface area contributed by atoms with E-state index in [-0.39, 0.29) is 10.6 Å². The van der Waals surface area contributed by atoms with Crippen LogP contribution in [-0.2, 0) is 0 Å². The molecule has 9 heteroatoms. The number of nitrogens with zero attached hydrogens (tertiary/aromatic N) is 3. The summed E-state index contributed by atoms with van der Waals surface area (Å²) in [6, 6.07) is 15.2. The maximum atomic E-state index is 13.6. The van der Waals surface area contributed by atoms with Crippen LogP contribution >= 0.6 is 0 Å². The van der Waals surface area contributed by atoms with E-state index in [9.17, 15) is 27.5 Å². The lowest BCUT2D eigenvalue weighted by atomic mass is 10.0. The predicted octanol–water partition coefficient (Wildman–Crippen LogP) is 4.63. The number of alkyl halides is 4. The van der Waals surface area contributed by atoms with E-state index in [1.54, 1.807) is 36.4 Å². The van der Waals surface area contributed by atoms with Crippen molar-refractivity contribution in [3.63, 3.8) is 0 Å². The molecule has 0 unspecified atom stereocenters. The van der Waals surface area contributed by atoms with Gasteiger partial charge in [-0.15, -0.1) is 0 Å². The van der Waals surface area contributed by atoms with Crippen molar-refractivity contribution in [1.82, 2.24) is 9.99 Å². The lowest BCUT2D eigenvalue weighted by Gasteiger charge is -2.30. The molecular weight excluding hydrogens is 414 g/mol. The molecule has 2 aromatic carbocycles. The van der Waals surface area contributed by atoms with Crippen LogP contribution in [0.4, 0.5) is 17.6 Å². The first kappa shape index (κ1) is 20.9. The van der Waals surface area contributed by atoms with Crippen LogP contribution in [-0.4, -0.2) is 45.3 Å². The summed E-state index contributed by atoms with van der Waals surface area (Å²) < 4.78 is 53.5. The van der Waals surface area contributed by atoms with Gasteiger partial charge in [-0.25, -0.2) is 22.5 Å². The highest BCUT2D eigenvalue weighted by Crippen LogP contribution is 2.36. The molecule has 5 nitrogen and oxygen atoms in total. The van der Waals surface area contributed by atoms with Crippen molar-refractivity contribution < 1.29 is 27.5 Å². The smallest absolute Gasteiger partial charge is 0.287 e. The minimum Gasteiger partial charge on any atom is -0.364 e. The van der Waals surface area contributed by atoms with Crippen LogP contribution < -0.4 is 0 Å². The summed E-state index contributed by atoms with van der Waals surface area (Å²) in [5.41, 5.74) is -1.74. The van der Waals surface area contributed by atoms with E-state index in [2.05, 4.69) is 10.1 Å². The first-order valence-corrected chi connectivity index (χ1v) is 9.38. The van der Waals surface area contributed by atoms with Gasteiger partial charge >= 0.3 is 0 Å². The SMILES string of the molecule is Cc1ccc(-c2cc(C(=O)N3N=C(C(F)F)C[C@@]3(O)C(F)F)c3ccccc3n2)cc1. The van der Waals surface area contributed by atoms with Crippen LogP contribution in [0.5, 0.6) is 0 Å². The number of pyridine rings is 1. The summed E-state index contributed by atoms with van der Waals surface area (Å²) >= 11 is 0. The van der Waals surface area contributed by atoms with Crippen LogP contribution in [0.3, 0.4) is 0 Å². The molecule has 0 aliphatic carbocycles. The molecular formula is C22H17F4N3O2. The highest BCUT2D eigenvalue weighted by Gasteiger charge is 2.53. The fourth-order valence-corrected chi connectivity index (χ4v) is 3.44. The lowest BCUT2D eigenvalue weighted by molar-refractivity contribution is -0.164. The van der Waals surface area contributed by atoms with Crippen molar-refractivity contribution in [3.8, 4) is 11.3 Å². The predicted molar refractivity (Wildman–Crippen MR) is 107 cm³/mol. The van der Waals surface area contributed by atoms with E-state index in [1.807, 2.05) is 19.1 Å². The van der Waals surface area contributed by atoms with Crippen LogP contribution in [0.25, 0.3) is 22.2 Å². The molecule has 160 valence electrons. The number of amides is 1. The third kappa shape index (κ3) is 3.65. The van der Waals surface area contributed by atoms with E-state index >= 15 is 0 Å². The minimum absolute atomic E-state index is 0.0693. The highest BCUT2D eigenvalue weighted by molar-refractivity contribution is 6.08. The molecule has 1 N–H and O–H groups in total. The number of halogens is 4. The Kier molecular flexibility index (Phi) is 5.22. The zero-order valence-corrected chi connectivity index (χ0v) is 16.3. The topological polar surface area (TPSA) is 65.8 Å². The number of benzene rings is 2. The number of carbonyl (C=O) groups excluding carboxylic acids is 1. The molecule has 3 aromatic rings. The lowest BCUT2D eigenvalue weighted by Crippen LogP contribution is -2.51. The maximum Gasteiger partial charge on any atom is 0.287 e. The maximum absolute atomic E-state index is 13.6. The molecule has 0 saturated carbocycles. The number of hydrogen-bond acceptors (Lipinski definition) is 4. The van der Waals surface area contributed by atoms with Gasteiger partial charge in [-0.05, 0) is 19.1 Å². The number of aliphatic hydroxyl groups is 1. The quantitative estimate of drug-likeness (QED) is 0.613. The molecule has 1 aliphatic heterocycles. The number of aromatic nitrogens is 1. The average molecular weight is 431 g/mol. The second kappa shape index (κ2) is 7.73. The van der Waals surface area contributed by atoms with Crippen LogP contribution in [0, 0.1) is 6.92 Å². The molecule has 0 saturated heterocycles. The van der Waals surface area contributed by atoms with Gasteiger partial charge in [0.05, 0.1) is 16.8 Å². The molecule has 0 bridgehead atoms. The Morgan fingerprint density at radius 3 is 2.42 bits per heavy atom. The van der Waals surface area contributed by atoms with Crippen molar-refractivity contribution in [2.75, 3.05) is 0 Å². The van der Waals surface area contributed by atoms with E-state index in [4.69, 9.17) is 0 Å². The molecule has 31 heavy (non-hydrogen) atoms. The van der Waals surface area contributed by atoms with E-state index in [1.165, 1.54) is 6.07 Å². The zero-order chi connectivity index (χ0) is 22.3. The number of fused-ring (bicyclic) bond motifs is 1. The van der Waals surface area contributed by atoms with E-state index in [0.717, 1.165) is 5.56 Å². The molecule has 1 aromatic heterocycles. The summed E-state index contributed by atoms with van der Waals surface area (Å²) in [7, 11) is 0. The number of para-hydroxylation sites is 1. The summed E-state index contributed by atoms with van der Waals surface area (Å²) in [4.78, 5) is 17.8. The second-order valence-corrected chi connectivity index (χ2v) is 7.30. The van der Waals surface area contributed by atoms with Crippen molar-refractivity contribution in [2.24, 2.45) is 5.10 Å². The highest BCUT2D eigenvalue weighted by atomic mass is 19.3. The Labute approximate surface area is 174 Å². The zero-order valence-electron chi connectivity index (χ0n) is 16.3. The summed E-state index contributed by atoms with van der Waals surface area (Å²) in [6.07, 6.45) is -7.82. The molecule has 1 aliphatic rings. The van der Waals surface area contributed by atoms with Crippen molar-refractivity contribution in [2.45, 2.75) is 31.9 Å². The normalized spacial score (nSPS) is 18.8. The Morgan fingerprint density at radius 1 is 1.10 bits per heavy atom. The molecule has 1 atom stereocenters. The standard InChI is InChI=1S/C22H17F4N3O2/c1-12-6-8-13(9-7-12)17-10-15(14-4-2-3-5-16(14)27-17)20(30)29-22(31,21(25)26)11-18(28-29)19(23)24/h2-10,19,21,31H,11H2,1H3/t22-/m1/s1. The van der Waals surface area contributed by atoms with Gasteiger partial charge in [0, 0.05) is 17.4 Å². The fourth-order valence-electron chi connectivity index (χ4n) is 3.44. The molecule has 4 rings (SSSR count). The number of aryl methyl sites for hydroxylation is 1. The van der Waals surface area contributed by atoms with Gasteiger partial charge in [0.1, 0.15) is 5.71 Å². The molecule has 0 fully saturated rings.